The minimum Gasteiger partial charge on any atom is -0.229 e. The summed E-state index contributed by atoms with van der Waals surface area (Å²) >= 11 is 0. The van der Waals surface area contributed by atoms with E-state index < -0.39 is 19.9 Å². The summed E-state index contributed by atoms with van der Waals surface area (Å²) in [4.78, 5) is 0.266. The van der Waals surface area contributed by atoms with E-state index in [9.17, 15) is 16.8 Å². The number of hydrogen-bond acceptors (Lipinski definition) is 4. The van der Waals surface area contributed by atoms with Crippen molar-refractivity contribution in [1.82, 2.24) is 4.31 Å². The Labute approximate surface area is 90.7 Å². The fourth-order valence-electron chi connectivity index (χ4n) is 1.29. The Hall–Kier alpha value is -0.400. The second kappa shape index (κ2) is 4.23. The van der Waals surface area contributed by atoms with E-state index in [0.29, 0.717) is 0 Å². The van der Waals surface area contributed by atoms with E-state index in [0.717, 1.165) is 0 Å². The molecule has 1 fully saturated rings. The van der Waals surface area contributed by atoms with Crippen molar-refractivity contribution < 1.29 is 16.8 Å². The molecule has 0 atom stereocenters. The van der Waals surface area contributed by atoms with Gasteiger partial charge in [-0.2, -0.15) is 4.31 Å². The van der Waals surface area contributed by atoms with Crippen LogP contribution in [0.3, 0.4) is 0 Å². The summed E-state index contributed by atoms with van der Waals surface area (Å²) in [5.74, 6) is -0.160. The van der Waals surface area contributed by atoms with Crippen LogP contribution in [0.4, 0.5) is 0 Å². The quantitative estimate of drug-likeness (QED) is 0.693. The van der Waals surface area contributed by atoms with E-state index in [4.69, 9.17) is 0 Å². The van der Waals surface area contributed by atoms with Crippen LogP contribution < -0.4 is 0 Å². The van der Waals surface area contributed by atoms with Gasteiger partial charge >= 0.3 is 0 Å². The number of sulfonamides is 1. The molecule has 0 bridgehead atoms. The lowest BCUT2D eigenvalue weighted by molar-refractivity contribution is 0.435. The molecule has 0 amide bonds. The summed E-state index contributed by atoms with van der Waals surface area (Å²) in [6.07, 6.45) is 1.51. The highest BCUT2D eigenvalue weighted by molar-refractivity contribution is 7.93. The van der Waals surface area contributed by atoms with Crippen LogP contribution in [0.1, 0.15) is 13.8 Å². The van der Waals surface area contributed by atoms with Gasteiger partial charge in [0.1, 0.15) is 0 Å². The standard InChI is InChI=1S/C8H15NO4S2/c1-3-8(2)15(12,13)9-4-6-14(10,11)7-5-9/h3H,4-7H2,1-2H3. The molecule has 15 heavy (non-hydrogen) atoms. The van der Waals surface area contributed by atoms with Crippen molar-refractivity contribution in [3.8, 4) is 0 Å². The fraction of sp³-hybridized carbons (Fsp3) is 0.750. The maximum atomic E-state index is 11.8. The van der Waals surface area contributed by atoms with Crippen LogP contribution in [0.5, 0.6) is 0 Å². The molecule has 5 nitrogen and oxygen atoms in total. The Balaban J connectivity index is 2.86. The lowest BCUT2D eigenvalue weighted by Crippen LogP contribution is -2.43. The third-order valence-electron chi connectivity index (χ3n) is 2.46. The van der Waals surface area contributed by atoms with Gasteiger partial charge in [0.15, 0.2) is 9.84 Å². The van der Waals surface area contributed by atoms with Gasteiger partial charge in [-0.3, -0.25) is 0 Å². The second-order valence-electron chi connectivity index (χ2n) is 3.46. The number of nitrogens with zero attached hydrogens (tertiary/aromatic N) is 1. The first-order valence-electron chi connectivity index (χ1n) is 4.63. The highest BCUT2D eigenvalue weighted by Gasteiger charge is 2.30. The fourth-order valence-corrected chi connectivity index (χ4v) is 4.09. The first-order valence-corrected chi connectivity index (χ1v) is 7.89. The Bertz CT molecular complexity index is 447. The average Bonchev–Trinajstić information content (AvgIpc) is 2.15. The van der Waals surface area contributed by atoms with Crippen LogP contribution in [0.15, 0.2) is 11.0 Å². The van der Waals surface area contributed by atoms with Gasteiger partial charge in [0.2, 0.25) is 10.0 Å². The monoisotopic (exact) mass is 253 g/mol. The molecular weight excluding hydrogens is 238 g/mol. The predicted molar refractivity (Wildman–Crippen MR) is 58.6 cm³/mol. The maximum absolute atomic E-state index is 11.8. The zero-order valence-electron chi connectivity index (χ0n) is 8.80. The van der Waals surface area contributed by atoms with Crippen molar-refractivity contribution in [1.29, 1.82) is 0 Å². The number of allylic oxidation sites excluding steroid dienone is 2. The minimum atomic E-state index is -3.43. The van der Waals surface area contributed by atoms with Gasteiger partial charge in [0.05, 0.1) is 16.4 Å². The van der Waals surface area contributed by atoms with Gasteiger partial charge in [0, 0.05) is 13.1 Å². The lowest BCUT2D eigenvalue weighted by Gasteiger charge is -2.26. The van der Waals surface area contributed by atoms with E-state index in [1.54, 1.807) is 6.92 Å². The molecule has 0 aliphatic carbocycles. The molecule has 0 N–H and O–H groups in total. The van der Waals surface area contributed by atoms with Gasteiger partial charge in [-0.1, -0.05) is 6.08 Å². The highest BCUT2D eigenvalue weighted by atomic mass is 32.2. The zero-order valence-corrected chi connectivity index (χ0v) is 10.4. The maximum Gasteiger partial charge on any atom is 0.238 e. The van der Waals surface area contributed by atoms with Crippen molar-refractivity contribution in [2.75, 3.05) is 24.6 Å². The Morgan fingerprint density at radius 1 is 1.27 bits per heavy atom. The number of sulfone groups is 1. The number of hydrogen-bond donors (Lipinski definition) is 0. The van der Waals surface area contributed by atoms with Crippen molar-refractivity contribution >= 4 is 19.9 Å². The van der Waals surface area contributed by atoms with E-state index in [1.165, 1.54) is 17.3 Å². The molecule has 1 saturated heterocycles. The largest absolute Gasteiger partial charge is 0.238 e. The highest BCUT2D eigenvalue weighted by Crippen LogP contribution is 2.15. The molecule has 0 aromatic rings. The molecule has 0 spiro atoms. The van der Waals surface area contributed by atoms with Crippen LogP contribution in [0.25, 0.3) is 0 Å². The van der Waals surface area contributed by atoms with Crippen molar-refractivity contribution in [3.05, 3.63) is 11.0 Å². The molecule has 0 unspecified atom stereocenters. The average molecular weight is 253 g/mol. The van der Waals surface area contributed by atoms with Crippen LogP contribution in [-0.2, 0) is 19.9 Å². The summed E-state index contributed by atoms with van der Waals surface area (Å²) in [5.41, 5.74) is 0. The molecule has 1 aliphatic rings. The van der Waals surface area contributed by atoms with Crippen LogP contribution in [0, 0.1) is 0 Å². The van der Waals surface area contributed by atoms with Crippen molar-refractivity contribution in [3.63, 3.8) is 0 Å². The second-order valence-corrected chi connectivity index (χ2v) is 7.87. The topological polar surface area (TPSA) is 71.5 Å². The first-order chi connectivity index (χ1) is 6.79. The summed E-state index contributed by atoms with van der Waals surface area (Å²) < 4.78 is 47.1. The Morgan fingerprint density at radius 2 is 1.73 bits per heavy atom. The molecule has 1 heterocycles. The normalized spacial score (nSPS) is 24.0. The summed E-state index contributed by atoms with van der Waals surface area (Å²) in [6, 6.07) is 0. The van der Waals surface area contributed by atoms with Gasteiger partial charge in [-0.25, -0.2) is 16.8 Å². The van der Waals surface area contributed by atoms with Gasteiger partial charge in [-0.15, -0.1) is 0 Å². The van der Waals surface area contributed by atoms with E-state index in [2.05, 4.69) is 0 Å². The van der Waals surface area contributed by atoms with E-state index in [-0.39, 0.29) is 29.5 Å². The molecule has 1 aliphatic heterocycles. The van der Waals surface area contributed by atoms with Crippen LogP contribution in [-0.4, -0.2) is 45.7 Å². The number of rotatable bonds is 2. The first kappa shape index (κ1) is 12.7. The summed E-state index contributed by atoms with van der Waals surface area (Å²) in [5, 5.41) is 0. The van der Waals surface area contributed by atoms with Crippen molar-refractivity contribution in [2.45, 2.75) is 13.8 Å². The molecule has 0 saturated carbocycles. The summed E-state index contributed by atoms with van der Waals surface area (Å²) in [7, 11) is -6.47. The van der Waals surface area contributed by atoms with Gasteiger partial charge in [-0.05, 0) is 13.8 Å². The zero-order chi connectivity index (χ0) is 11.7. The third-order valence-corrected chi connectivity index (χ3v) is 6.16. The molecular formula is C8H15NO4S2. The molecule has 0 radical (unpaired) electrons. The Morgan fingerprint density at radius 3 is 2.13 bits per heavy atom. The van der Waals surface area contributed by atoms with Crippen LogP contribution in [0.2, 0.25) is 0 Å². The SMILES string of the molecule is CC=C(C)S(=O)(=O)N1CCS(=O)(=O)CC1. The molecule has 1 rings (SSSR count). The smallest absolute Gasteiger partial charge is 0.229 e. The van der Waals surface area contributed by atoms with E-state index >= 15 is 0 Å². The molecule has 0 aromatic heterocycles. The van der Waals surface area contributed by atoms with Gasteiger partial charge < -0.3 is 0 Å². The minimum absolute atomic E-state index is 0.0653. The van der Waals surface area contributed by atoms with E-state index in [1.807, 2.05) is 0 Å². The molecule has 0 aromatic carbocycles. The molecule has 88 valence electrons. The lowest BCUT2D eigenvalue weighted by atomic mass is 10.6. The Kier molecular flexibility index (Phi) is 3.57. The third kappa shape index (κ3) is 2.79. The molecule has 7 heteroatoms. The van der Waals surface area contributed by atoms with Gasteiger partial charge in [0.25, 0.3) is 0 Å². The van der Waals surface area contributed by atoms with Crippen LogP contribution >= 0.6 is 0 Å². The van der Waals surface area contributed by atoms with Crippen molar-refractivity contribution in [2.24, 2.45) is 0 Å². The predicted octanol–water partition coefficient (Wildman–Crippen LogP) is -0.0297. The summed E-state index contributed by atoms with van der Waals surface area (Å²) in [6.45, 7) is 3.29.